The van der Waals surface area contributed by atoms with Crippen molar-refractivity contribution in [1.82, 2.24) is 5.32 Å². The Balaban J connectivity index is 2.04. The van der Waals surface area contributed by atoms with E-state index in [4.69, 9.17) is 5.73 Å². The lowest BCUT2D eigenvalue weighted by Crippen LogP contribution is -2.36. The summed E-state index contributed by atoms with van der Waals surface area (Å²) in [6, 6.07) is 6.34. The molecular formula is C13H18BrN3O. The highest BCUT2D eigenvalue weighted by Gasteiger charge is 2.23. The van der Waals surface area contributed by atoms with E-state index in [-0.39, 0.29) is 5.91 Å². The second-order valence-corrected chi connectivity index (χ2v) is 5.59. The fourth-order valence-electron chi connectivity index (χ4n) is 1.87. The molecule has 3 N–H and O–H groups in total. The van der Waals surface area contributed by atoms with E-state index in [0.717, 1.165) is 28.6 Å². The topological polar surface area (TPSA) is 58.4 Å². The molecule has 1 fully saturated rings. The molecule has 18 heavy (non-hydrogen) atoms. The molecule has 0 heterocycles. The third-order valence-corrected chi connectivity index (χ3v) is 3.49. The highest BCUT2D eigenvalue weighted by Crippen LogP contribution is 2.24. The Morgan fingerprint density at radius 3 is 2.89 bits per heavy atom. The molecule has 1 saturated carbocycles. The summed E-state index contributed by atoms with van der Waals surface area (Å²) in [6.07, 6.45) is 2.22. The predicted molar refractivity (Wildman–Crippen MR) is 76.5 cm³/mol. The van der Waals surface area contributed by atoms with Gasteiger partial charge >= 0.3 is 0 Å². The molecule has 0 unspecified atom stereocenters. The van der Waals surface area contributed by atoms with E-state index in [0.29, 0.717) is 19.1 Å². The number of likely N-dealkylation sites (N-methyl/N-ethyl adjacent to an activating group) is 1. The van der Waals surface area contributed by atoms with Crippen molar-refractivity contribution in [3.63, 3.8) is 0 Å². The molecule has 0 atom stereocenters. The molecule has 2 rings (SSSR count). The average molecular weight is 312 g/mol. The molecule has 4 nitrogen and oxygen atoms in total. The molecule has 5 heteroatoms. The zero-order valence-corrected chi connectivity index (χ0v) is 12.0. The van der Waals surface area contributed by atoms with Crippen molar-refractivity contribution in [1.29, 1.82) is 0 Å². The molecule has 1 amide bonds. The molecule has 0 spiro atoms. The summed E-state index contributed by atoms with van der Waals surface area (Å²) in [5.41, 5.74) is 7.76. The fraction of sp³-hybridized carbons (Fsp3) is 0.462. The Morgan fingerprint density at radius 2 is 2.28 bits per heavy atom. The van der Waals surface area contributed by atoms with Crippen molar-refractivity contribution in [2.75, 3.05) is 18.5 Å². The first-order valence-electron chi connectivity index (χ1n) is 6.09. The van der Waals surface area contributed by atoms with E-state index in [2.05, 4.69) is 21.2 Å². The number of hydrogen-bond acceptors (Lipinski definition) is 3. The lowest BCUT2D eigenvalue weighted by molar-refractivity contribution is -0.119. The number of nitrogens with zero attached hydrogens (tertiary/aromatic N) is 1. The number of rotatable bonds is 5. The van der Waals surface area contributed by atoms with Crippen molar-refractivity contribution in [2.24, 2.45) is 5.73 Å². The Kier molecular flexibility index (Phi) is 4.24. The zero-order valence-electron chi connectivity index (χ0n) is 10.4. The summed E-state index contributed by atoms with van der Waals surface area (Å²) in [6.45, 7) is 0.831. The summed E-state index contributed by atoms with van der Waals surface area (Å²) < 4.78 is 0.990. The highest BCUT2D eigenvalue weighted by molar-refractivity contribution is 9.10. The van der Waals surface area contributed by atoms with Gasteiger partial charge in [-0.3, -0.25) is 4.79 Å². The second kappa shape index (κ2) is 5.71. The number of amides is 1. The first kappa shape index (κ1) is 13.4. The Morgan fingerprint density at radius 1 is 1.56 bits per heavy atom. The maximum Gasteiger partial charge on any atom is 0.239 e. The van der Waals surface area contributed by atoms with Crippen LogP contribution in [0.3, 0.4) is 0 Å². The van der Waals surface area contributed by atoms with Crippen molar-refractivity contribution >= 4 is 27.5 Å². The molecule has 98 valence electrons. The van der Waals surface area contributed by atoms with Gasteiger partial charge < -0.3 is 16.0 Å². The molecule has 0 bridgehead atoms. The zero-order chi connectivity index (χ0) is 13.1. The SMILES string of the molecule is CN(CC(=O)NC1CC1)c1cc(Br)ccc1CN. The van der Waals surface area contributed by atoms with Crippen LogP contribution in [-0.2, 0) is 11.3 Å². The van der Waals surface area contributed by atoms with Crippen LogP contribution in [-0.4, -0.2) is 25.5 Å². The number of carbonyl (C=O) groups excluding carboxylic acids is 1. The monoisotopic (exact) mass is 311 g/mol. The number of hydrogen-bond donors (Lipinski definition) is 2. The number of nitrogens with two attached hydrogens (primary N) is 1. The molecule has 1 aliphatic rings. The van der Waals surface area contributed by atoms with Crippen LogP contribution in [0, 0.1) is 0 Å². The van der Waals surface area contributed by atoms with Crippen molar-refractivity contribution in [3.05, 3.63) is 28.2 Å². The van der Waals surface area contributed by atoms with E-state index in [1.807, 2.05) is 30.1 Å². The summed E-state index contributed by atoms with van der Waals surface area (Å²) >= 11 is 3.44. The van der Waals surface area contributed by atoms with Gasteiger partial charge in [-0.25, -0.2) is 0 Å². The summed E-state index contributed by atoms with van der Waals surface area (Å²) in [4.78, 5) is 13.7. The Labute approximate surface area is 116 Å². The smallest absolute Gasteiger partial charge is 0.239 e. The summed E-state index contributed by atoms with van der Waals surface area (Å²) in [7, 11) is 1.91. The van der Waals surface area contributed by atoms with Crippen LogP contribution in [0.2, 0.25) is 0 Å². The standard InChI is InChI=1S/C13H18BrN3O/c1-17(8-13(18)16-11-4-5-11)12-6-10(14)3-2-9(12)7-15/h2-3,6,11H,4-5,7-8,15H2,1H3,(H,16,18). The van der Waals surface area contributed by atoms with Crippen LogP contribution >= 0.6 is 15.9 Å². The van der Waals surface area contributed by atoms with Crippen LogP contribution < -0.4 is 16.0 Å². The predicted octanol–water partition coefficient (Wildman–Crippen LogP) is 1.62. The minimum absolute atomic E-state index is 0.0722. The van der Waals surface area contributed by atoms with Gasteiger partial charge in [0.2, 0.25) is 5.91 Å². The van der Waals surface area contributed by atoms with Gasteiger partial charge in [-0.2, -0.15) is 0 Å². The maximum atomic E-state index is 11.8. The van der Waals surface area contributed by atoms with Crippen molar-refractivity contribution in [3.8, 4) is 0 Å². The van der Waals surface area contributed by atoms with Crippen LogP contribution in [0.15, 0.2) is 22.7 Å². The number of anilines is 1. The molecule has 0 saturated heterocycles. The van der Waals surface area contributed by atoms with Crippen molar-refractivity contribution in [2.45, 2.75) is 25.4 Å². The minimum atomic E-state index is 0.0722. The quantitative estimate of drug-likeness (QED) is 0.869. The first-order chi connectivity index (χ1) is 8.60. The largest absolute Gasteiger partial charge is 0.365 e. The molecule has 0 aliphatic heterocycles. The van der Waals surface area contributed by atoms with Crippen LogP contribution in [0.25, 0.3) is 0 Å². The molecule has 0 aromatic heterocycles. The second-order valence-electron chi connectivity index (χ2n) is 4.68. The molecule has 1 aromatic carbocycles. The lowest BCUT2D eigenvalue weighted by Gasteiger charge is -2.22. The third kappa shape index (κ3) is 3.46. The summed E-state index contributed by atoms with van der Waals surface area (Å²) in [5, 5.41) is 2.98. The lowest BCUT2D eigenvalue weighted by atomic mass is 10.1. The first-order valence-corrected chi connectivity index (χ1v) is 6.88. The van der Waals surface area contributed by atoms with E-state index < -0.39 is 0 Å². The van der Waals surface area contributed by atoms with Gasteiger partial charge in [-0.05, 0) is 30.5 Å². The van der Waals surface area contributed by atoms with Gasteiger partial charge in [0, 0.05) is 29.8 Å². The fourth-order valence-corrected chi connectivity index (χ4v) is 2.22. The van der Waals surface area contributed by atoms with Gasteiger partial charge in [0.15, 0.2) is 0 Å². The van der Waals surface area contributed by atoms with E-state index in [1.54, 1.807) is 0 Å². The molecular weight excluding hydrogens is 294 g/mol. The van der Waals surface area contributed by atoms with Crippen LogP contribution in [0.5, 0.6) is 0 Å². The van der Waals surface area contributed by atoms with Gasteiger partial charge in [0.25, 0.3) is 0 Å². The number of nitrogens with one attached hydrogen (secondary N) is 1. The number of halogens is 1. The van der Waals surface area contributed by atoms with E-state index >= 15 is 0 Å². The van der Waals surface area contributed by atoms with Crippen LogP contribution in [0.1, 0.15) is 18.4 Å². The van der Waals surface area contributed by atoms with E-state index in [9.17, 15) is 4.79 Å². The van der Waals surface area contributed by atoms with Gasteiger partial charge in [0.1, 0.15) is 0 Å². The highest BCUT2D eigenvalue weighted by atomic mass is 79.9. The molecule has 0 radical (unpaired) electrons. The normalized spacial score (nSPS) is 14.4. The maximum absolute atomic E-state index is 11.8. The Bertz CT molecular complexity index is 446. The number of benzene rings is 1. The molecule has 1 aliphatic carbocycles. The third-order valence-electron chi connectivity index (χ3n) is 3.00. The van der Waals surface area contributed by atoms with Gasteiger partial charge in [-0.15, -0.1) is 0 Å². The van der Waals surface area contributed by atoms with E-state index in [1.165, 1.54) is 0 Å². The number of carbonyl (C=O) groups is 1. The Hall–Kier alpha value is -1.07. The average Bonchev–Trinajstić information content (AvgIpc) is 3.12. The van der Waals surface area contributed by atoms with Gasteiger partial charge in [-0.1, -0.05) is 22.0 Å². The molecule has 1 aromatic rings. The van der Waals surface area contributed by atoms with Gasteiger partial charge in [0.05, 0.1) is 6.54 Å². The van der Waals surface area contributed by atoms with Crippen LogP contribution in [0.4, 0.5) is 5.69 Å². The summed E-state index contributed by atoms with van der Waals surface area (Å²) in [5.74, 6) is 0.0722. The minimum Gasteiger partial charge on any atom is -0.365 e. The van der Waals surface area contributed by atoms with Crippen molar-refractivity contribution < 1.29 is 4.79 Å².